The van der Waals surface area contributed by atoms with Gasteiger partial charge in [-0.1, -0.05) is 0 Å². The predicted molar refractivity (Wildman–Crippen MR) is 96.9 cm³/mol. The number of rotatable bonds is 5. The Bertz CT molecular complexity index is 936. The Hall–Kier alpha value is -2.21. The van der Waals surface area contributed by atoms with E-state index in [1.165, 1.54) is 6.33 Å². The summed E-state index contributed by atoms with van der Waals surface area (Å²) in [5, 5.41) is 0. The maximum Gasteiger partial charge on any atom is 0.390 e. The molecule has 3 rings (SSSR count). The van der Waals surface area contributed by atoms with Crippen LogP contribution in [0.15, 0.2) is 18.7 Å². The maximum absolute atomic E-state index is 12.3. The summed E-state index contributed by atoms with van der Waals surface area (Å²) < 4.78 is 64.2. The van der Waals surface area contributed by atoms with Crippen LogP contribution < -0.4 is 4.90 Å². The summed E-state index contributed by atoms with van der Waals surface area (Å²) in [4.78, 5) is 14.6. The lowest BCUT2D eigenvalue weighted by Gasteiger charge is -2.34. The van der Waals surface area contributed by atoms with E-state index in [-0.39, 0.29) is 13.1 Å². The topological polar surface area (TPSA) is 84.2 Å². The number of alkyl halides is 3. The third-order valence-corrected chi connectivity index (χ3v) is 6.61. The minimum absolute atomic E-state index is 0.114. The Morgan fingerprint density at radius 2 is 1.68 bits per heavy atom. The quantitative estimate of drug-likeness (QED) is 0.735. The zero-order chi connectivity index (χ0) is 20.5. The van der Waals surface area contributed by atoms with Gasteiger partial charge in [-0.25, -0.2) is 23.4 Å². The smallest absolute Gasteiger partial charge is 0.354 e. The number of nitrogens with zero attached hydrogens (tertiary/aromatic N) is 6. The van der Waals surface area contributed by atoms with Crippen molar-refractivity contribution in [1.29, 1.82) is 0 Å². The van der Waals surface area contributed by atoms with Crippen LogP contribution in [-0.4, -0.2) is 70.4 Å². The summed E-state index contributed by atoms with van der Waals surface area (Å²) in [5.41, 5.74) is 1.84. The van der Waals surface area contributed by atoms with Gasteiger partial charge in [-0.05, 0) is 13.8 Å². The molecule has 0 spiro atoms. The van der Waals surface area contributed by atoms with E-state index in [0.29, 0.717) is 24.7 Å². The van der Waals surface area contributed by atoms with Gasteiger partial charge in [-0.15, -0.1) is 0 Å². The van der Waals surface area contributed by atoms with Crippen molar-refractivity contribution >= 4 is 15.8 Å². The van der Waals surface area contributed by atoms with Crippen molar-refractivity contribution in [1.82, 2.24) is 23.8 Å². The van der Waals surface area contributed by atoms with Gasteiger partial charge in [0.05, 0.1) is 17.9 Å². The fourth-order valence-corrected chi connectivity index (χ4v) is 4.41. The van der Waals surface area contributed by atoms with Crippen LogP contribution >= 0.6 is 0 Å². The molecule has 1 aliphatic rings. The van der Waals surface area contributed by atoms with Gasteiger partial charge < -0.3 is 4.90 Å². The summed E-state index contributed by atoms with van der Waals surface area (Å²) in [7, 11) is -3.93. The van der Waals surface area contributed by atoms with Gasteiger partial charge in [0.1, 0.15) is 24.3 Å². The van der Waals surface area contributed by atoms with Gasteiger partial charge in [0.25, 0.3) is 0 Å². The van der Waals surface area contributed by atoms with E-state index in [2.05, 4.69) is 15.0 Å². The number of halogens is 3. The first-order valence-corrected chi connectivity index (χ1v) is 10.3. The third kappa shape index (κ3) is 4.61. The predicted octanol–water partition coefficient (Wildman–Crippen LogP) is 1.68. The largest absolute Gasteiger partial charge is 0.390 e. The number of aromatic nitrogens is 4. The van der Waals surface area contributed by atoms with Crippen LogP contribution in [-0.2, 0) is 10.0 Å². The summed E-state index contributed by atoms with van der Waals surface area (Å²) in [6, 6.07) is 1.78. The molecule has 0 unspecified atom stereocenters. The lowest BCUT2D eigenvalue weighted by molar-refractivity contribution is -0.130. The lowest BCUT2D eigenvalue weighted by Crippen LogP contribution is -2.49. The molecule has 1 aliphatic heterocycles. The number of hydrogen-bond donors (Lipinski definition) is 0. The van der Waals surface area contributed by atoms with Gasteiger partial charge in [0.15, 0.2) is 0 Å². The normalized spacial score (nSPS) is 16.5. The summed E-state index contributed by atoms with van der Waals surface area (Å²) in [5.74, 6) is 0.347. The van der Waals surface area contributed by atoms with Crippen molar-refractivity contribution < 1.29 is 21.6 Å². The Morgan fingerprint density at radius 3 is 2.25 bits per heavy atom. The van der Waals surface area contributed by atoms with E-state index in [1.807, 2.05) is 23.3 Å². The molecular formula is C16H21F3N6O2S. The van der Waals surface area contributed by atoms with E-state index in [4.69, 9.17) is 0 Å². The Balaban J connectivity index is 1.67. The SMILES string of the molecule is Cc1ncn(-c2cc(N3CCN(S(=O)(=O)CCC(F)(F)F)CC3)ncn2)c1C. The highest BCUT2D eigenvalue weighted by Crippen LogP contribution is 2.23. The molecule has 2 aromatic rings. The molecule has 0 aromatic carbocycles. The average Bonchev–Trinajstić information content (AvgIpc) is 2.99. The van der Waals surface area contributed by atoms with Crippen LogP contribution in [0.2, 0.25) is 0 Å². The molecule has 0 radical (unpaired) electrons. The first-order valence-electron chi connectivity index (χ1n) is 8.69. The molecule has 1 fully saturated rings. The minimum Gasteiger partial charge on any atom is -0.354 e. The van der Waals surface area contributed by atoms with E-state index in [0.717, 1.165) is 15.7 Å². The first-order chi connectivity index (χ1) is 13.1. The van der Waals surface area contributed by atoms with Gasteiger partial charge >= 0.3 is 6.18 Å². The molecule has 0 bridgehead atoms. The van der Waals surface area contributed by atoms with Gasteiger partial charge in [0, 0.05) is 37.9 Å². The van der Waals surface area contributed by atoms with Gasteiger partial charge in [0.2, 0.25) is 10.0 Å². The van der Waals surface area contributed by atoms with Crippen molar-refractivity contribution in [2.45, 2.75) is 26.4 Å². The number of anilines is 1. The van der Waals surface area contributed by atoms with Crippen LogP contribution in [0.4, 0.5) is 19.0 Å². The molecule has 0 atom stereocenters. The fourth-order valence-electron chi connectivity index (χ4n) is 2.94. The van der Waals surface area contributed by atoms with Crippen molar-refractivity contribution in [2.24, 2.45) is 0 Å². The molecule has 3 heterocycles. The number of piperazine rings is 1. The summed E-state index contributed by atoms with van der Waals surface area (Å²) >= 11 is 0. The number of hydrogen-bond acceptors (Lipinski definition) is 6. The van der Waals surface area contributed by atoms with Crippen LogP contribution in [0.5, 0.6) is 0 Å². The van der Waals surface area contributed by atoms with Crippen LogP contribution in [0.25, 0.3) is 5.82 Å². The third-order valence-electron chi connectivity index (χ3n) is 4.74. The van der Waals surface area contributed by atoms with Crippen LogP contribution in [0.3, 0.4) is 0 Å². The molecule has 154 valence electrons. The van der Waals surface area contributed by atoms with Gasteiger partial charge in [-0.3, -0.25) is 4.57 Å². The highest BCUT2D eigenvalue weighted by atomic mass is 32.2. The monoisotopic (exact) mass is 418 g/mol. The van der Waals surface area contributed by atoms with Crippen molar-refractivity contribution in [3.63, 3.8) is 0 Å². The minimum atomic E-state index is -4.49. The Labute approximate surface area is 161 Å². The van der Waals surface area contributed by atoms with Crippen LogP contribution in [0.1, 0.15) is 17.8 Å². The Morgan fingerprint density at radius 1 is 1.04 bits per heavy atom. The lowest BCUT2D eigenvalue weighted by atomic mass is 10.3. The van der Waals surface area contributed by atoms with E-state index < -0.39 is 28.4 Å². The second-order valence-corrected chi connectivity index (χ2v) is 8.68. The molecule has 0 amide bonds. The van der Waals surface area contributed by atoms with Crippen molar-refractivity contribution in [3.8, 4) is 5.82 Å². The standard InChI is InChI=1S/C16H21F3N6O2S/c1-12-13(2)25(11-22-12)15-9-14(20-10-21-15)23-4-6-24(7-5-23)28(26,27)8-3-16(17,18)19/h9-11H,3-8H2,1-2H3. The van der Waals surface area contributed by atoms with Crippen molar-refractivity contribution in [2.75, 3.05) is 36.8 Å². The first kappa shape index (κ1) is 20.5. The van der Waals surface area contributed by atoms with Crippen molar-refractivity contribution in [3.05, 3.63) is 30.1 Å². The van der Waals surface area contributed by atoms with Gasteiger partial charge in [-0.2, -0.15) is 17.5 Å². The van der Waals surface area contributed by atoms with Crippen LogP contribution in [0, 0.1) is 13.8 Å². The molecular weight excluding hydrogens is 397 g/mol. The summed E-state index contributed by atoms with van der Waals surface area (Å²) in [6.45, 7) is 4.72. The Kier molecular flexibility index (Phi) is 5.62. The second kappa shape index (κ2) is 7.66. The zero-order valence-electron chi connectivity index (χ0n) is 15.5. The van der Waals surface area contributed by atoms with E-state index in [9.17, 15) is 21.6 Å². The molecule has 0 aliphatic carbocycles. The number of aryl methyl sites for hydroxylation is 1. The molecule has 28 heavy (non-hydrogen) atoms. The zero-order valence-corrected chi connectivity index (χ0v) is 16.3. The highest BCUT2D eigenvalue weighted by Gasteiger charge is 2.33. The highest BCUT2D eigenvalue weighted by molar-refractivity contribution is 7.89. The molecule has 0 saturated carbocycles. The number of sulfonamides is 1. The van der Waals surface area contributed by atoms with E-state index >= 15 is 0 Å². The maximum atomic E-state index is 12.3. The average molecular weight is 418 g/mol. The molecule has 2 aromatic heterocycles. The summed E-state index contributed by atoms with van der Waals surface area (Å²) in [6.07, 6.45) is -2.74. The fraction of sp³-hybridized carbons (Fsp3) is 0.562. The number of imidazole rings is 1. The molecule has 8 nitrogen and oxygen atoms in total. The van der Waals surface area contributed by atoms with E-state index in [1.54, 1.807) is 12.4 Å². The molecule has 0 N–H and O–H groups in total. The molecule has 12 heteroatoms. The molecule has 1 saturated heterocycles. The second-order valence-electron chi connectivity index (χ2n) is 6.59.